The van der Waals surface area contributed by atoms with Gasteiger partial charge >= 0.3 is 0 Å². The molecule has 1 aliphatic rings. The molecule has 2 heterocycles. The lowest BCUT2D eigenvalue weighted by atomic mass is 9.92. The van der Waals surface area contributed by atoms with Crippen LogP contribution in [0, 0.1) is 11.3 Å². The number of carbonyl (C=O) groups excluding carboxylic acids is 1. The summed E-state index contributed by atoms with van der Waals surface area (Å²) in [6, 6.07) is 14.2. The molecule has 3 aromatic rings. The van der Waals surface area contributed by atoms with Crippen LogP contribution in [0.2, 0.25) is 0 Å². The number of rotatable bonds is 3. The highest BCUT2D eigenvalue weighted by Crippen LogP contribution is 2.32. The van der Waals surface area contributed by atoms with Crippen LogP contribution >= 0.6 is 0 Å². The lowest BCUT2D eigenvalue weighted by Crippen LogP contribution is -2.26. The zero-order valence-electron chi connectivity index (χ0n) is 14.2. The van der Waals surface area contributed by atoms with Gasteiger partial charge in [0.25, 0.3) is 5.91 Å². The monoisotopic (exact) mass is 346 g/mol. The first-order valence-electron chi connectivity index (χ1n) is 8.66. The molecule has 0 bridgehead atoms. The van der Waals surface area contributed by atoms with Gasteiger partial charge in [0.05, 0.1) is 17.3 Å². The average molecular weight is 346 g/mol. The van der Waals surface area contributed by atoms with Gasteiger partial charge in [0.1, 0.15) is 0 Å². The summed E-state index contributed by atoms with van der Waals surface area (Å²) in [5.74, 6) is 0.122. The molecule has 130 valence electrons. The van der Waals surface area contributed by atoms with Gasteiger partial charge in [-0.2, -0.15) is 5.26 Å². The van der Waals surface area contributed by atoms with E-state index in [1.807, 2.05) is 18.2 Å². The fourth-order valence-corrected chi connectivity index (χ4v) is 3.36. The number of hydrogen-bond donors (Lipinski definition) is 2. The van der Waals surface area contributed by atoms with Gasteiger partial charge in [-0.1, -0.05) is 11.2 Å². The van der Waals surface area contributed by atoms with E-state index in [9.17, 15) is 4.79 Å². The Morgan fingerprint density at radius 1 is 1.23 bits per heavy atom. The van der Waals surface area contributed by atoms with E-state index in [-0.39, 0.29) is 5.91 Å². The first-order valence-corrected chi connectivity index (χ1v) is 8.66. The van der Waals surface area contributed by atoms with E-state index in [2.05, 4.69) is 15.8 Å². The normalized spacial score (nSPS) is 14.9. The standard InChI is InChI=1S/C20H18N4O2/c21-12-13-2-1-3-15(10-13)20(25)23-16-4-5-18-17(11-16)19(24-26-18)14-6-8-22-9-7-14/h1-5,10-11,14,22H,6-9H2,(H,23,25). The highest BCUT2D eigenvalue weighted by atomic mass is 16.5. The molecule has 4 rings (SSSR count). The van der Waals surface area contributed by atoms with Crippen molar-refractivity contribution < 1.29 is 9.32 Å². The van der Waals surface area contributed by atoms with E-state index in [0.717, 1.165) is 42.6 Å². The van der Waals surface area contributed by atoms with Crippen LogP contribution in [0.4, 0.5) is 5.69 Å². The van der Waals surface area contributed by atoms with Gasteiger partial charge in [-0.25, -0.2) is 0 Å². The molecule has 0 saturated carbocycles. The number of piperidine rings is 1. The van der Waals surface area contributed by atoms with Crippen molar-refractivity contribution in [2.24, 2.45) is 0 Å². The van der Waals surface area contributed by atoms with Crippen LogP contribution in [0.15, 0.2) is 47.0 Å². The van der Waals surface area contributed by atoms with Crippen molar-refractivity contribution in [1.29, 1.82) is 5.26 Å². The molecule has 0 unspecified atom stereocenters. The van der Waals surface area contributed by atoms with Crippen LogP contribution in [0.5, 0.6) is 0 Å². The molecule has 0 aliphatic carbocycles. The van der Waals surface area contributed by atoms with E-state index < -0.39 is 0 Å². The molecule has 2 N–H and O–H groups in total. The maximum absolute atomic E-state index is 12.5. The molecule has 1 saturated heterocycles. The highest BCUT2D eigenvalue weighted by Gasteiger charge is 2.21. The van der Waals surface area contributed by atoms with Crippen LogP contribution in [-0.2, 0) is 0 Å². The van der Waals surface area contributed by atoms with Gasteiger partial charge in [-0.05, 0) is 62.3 Å². The molecule has 1 aliphatic heterocycles. The summed E-state index contributed by atoms with van der Waals surface area (Å²) in [4.78, 5) is 12.5. The summed E-state index contributed by atoms with van der Waals surface area (Å²) in [5.41, 5.74) is 3.28. The zero-order valence-corrected chi connectivity index (χ0v) is 14.2. The van der Waals surface area contributed by atoms with Crippen LogP contribution in [0.3, 0.4) is 0 Å². The van der Waals surface area contributed by atoms with Gasteiger partial charge < -0.3 is 15.2 Å². The Morgan fingerprint density at radius 2 is 2.08 bits per heavy atom. The van der Waals surface area contributed by atoms with Crippen LogP contribution in [-0.4, -0.2) is 24.2 Å². The van der Waals surface area contributed by atoms with E-state index in [1.54, 1.807) is 30.3 Å². The molecule has 0 spiro atoms. The number of carbonyl (C=O) groups is 1. The number of nitrogens with one attached hydrogen (secondary N) is 2. The molecule has 2 aromatic carbocycles. The molecule has 0 radical (unpaired) electrons. The fraction of sp³-hybridized carbons (Fsp3) is 0.250. The molecule has 1 amide bonds. The van der Waals surface area contributed by atoms with Crippen molar-refractivity contribution in [3.8, 4) is 6.07 Å². The molecule has 6 heteroatoms. The van der Waals surface area contributed by atoms with Gasteiger partial charge in [0.2, 0.25) is 0 Å². The maximum Gasteiger partial charge on any atom is 0.255 e. The Bertz CT molecular complexity index is 996. The highest BCUT2D eigenvalue weighted by molar-refractivity contribution is 6.05. The Hall–Kier alpha value is -3.17. The molecule has 6 nitrogen and oxygen atoms in total. The second-order valence-electron chi connectivity index (χ2n) is 6.45. The summed E-state index contributed by atoms with van der Waals surface area (Å²) in [5, 5.41) is 20.4. The van der Waals surface area contributed by atoms with Crippen molar-refractivity contribution in [3.63, 3.8) is 0 Å². The largest absolute Gasteiger partial charge is 0.356 e. The van der Waals surface area contributed by atoms with Crippen LogP contribution in [0.25, 0.3) is 11.0 Å². The quantitative estimate of drug-likeness (QED) is 0.758. The predicted molar refractivity (Wildman–Crippen MR) is 98.0 cm³/mol. The van der Waals surface area contributed by atoms with Gasteiger partial charge in [0.15, 0.2) is 5.58 Å². The number of nitrogens with zero attached hydrogens (tertiary/aromatic N) is 2. The lowest BCUT2D eigenvalue weighted by molar-refractivity contribution is 0.102. The fourth-order valence-electron chi connectivity index (χ4n) is 3.36. The topological polar surface area (TPSA) is 91.0 Å². The van der Waals surface area contributed by atoms with E-state index >= 15 is 0 Å². The first kappa shape index (κ1) is 16.3. The Labute approximate surface area is 150 Å². The third-order valence-electron chi connectivity index (χ3n) is 4.74. The van der Waals surface area contributed by atoms with Crippen molar-refractivity contribution in [1.82, 2.24) is 10.5 Å². The minimum absolute atomic E-state index is 0.249. The molecule has 26 heavy (non-hydrogen) atoms. The summed E-state index contributed by atoms with van der Waals surface area (Å²) < 4.78 is 5.46. The summed E-state index contributed by atoms with van der Waals surface area (Å²) >= 11 is 0. The number of hydrogen-bond acceptors (Lipinski definition) is 5. The molecule has 1 aromatic heterocycles. The first-order chi connectivity index (χ1) is 12.7. The van der Waals surface area contributed by atoms with Crippen LogP contribution in [0.1, 0.15) is 40.4 Å². The molecule has 0 atom stereocenters. The van der Waals surface area contributed by atoms with E-state index in [4.69, 9.17) is 9.78 Å². The SMILES string of the molecule is N#Cc1cccc(C(=O)Nc2ccc3onc(C4CCNCC4)c3c2)c1. The molecular formula is C20H18N4O2. The summed E-state index contributed by atoms with van der Waals surface area (Å²) in [6.07, 6.45) is 2.05. The number of benzene rings is 2. The van der Waals surface area contributed by atoms with Crippen molar-refractivity contribution >= 4 is 22.6 Å². The lowest BCUT2D eigenvalue weighted by Gasteiger charge is -2.20. The second kappa shape index (κ2) is 6.98. The average Bonchev–Trinajstić information content (AvgIpc) is 3.12. The Kier molecular flexibility index (Phi) is 4.38. The summed E-state index contributed by atoms with van der Waals surface area (Å²) in [7, 11) is 0. The van der Waals surface area contributed by atoms with Crippen molar-refractivity contribution in [3.05, 3.63) is 59.3 Å². The van der Waals surface area contributed by atoms with Gasteiger partial charge in [0, 0.05) is 22.6 Å². The Morgan fingerprint density at radius 3 is 2.88 bits per heavy atom. The third-order valence-corrected chi connectivity index (χ3v) is 4.74. The van der Waals surface area contributed by atoms with Crippen LogP contribution < -0.4 is 10.6 Å². The maximum atomic E-state index is 12.5. The predicted octanol–water partition coefficient (Wildman–Crippen LogP) is 3.42. The minimum atomic E-state index is -0.249. The number of fused-ring (bicyclic) bond motifs is 1. The number of amides is 1. The second-order valence-corrected chi connectivity index (χ2v) is 6.45. The number of aromatic nitrogens is 1. The van der Waals surface area contributed by atoms with Gasteiger partial charge in [-0.3, -0.25) is 4.79 Å². The van der Waals surface area contributed by atoms with Gasteiger partial charge in [-0.15, -0.1) is 0 Å². The smallest absolute Gasteiger partial charge is 0.255 e. The zero-order chi connectivity index (χ0) is 17.9. The van der Waals surface area contributed by atoms with E-state index in [1.165, 1.54) is 0 Å². The molecular weight excluding hydrogens is 328 g/mol. The number of anilines is 1. The number of nitriles is 1. The van der Waals surface area contributed by atoms with Crippen molar-refractivity contribution in [2.75, 3.05) is 18.4 Å². The minimum Gasteiger partial charge on any atom is -0.356 e. The van der Waals surface area contributed by atoms with Crippen molar-refractivity contribution in [2.45, 2.75) is 18.8 Å². The molecule has 1 fully saturated rings. The van der Waals surface area contributed by atoms with E-state index in [0.29, 0.717) is 22.7 Å². The Balaban J connectivity index is 1.60. The third kappa shape index (κ3) is 3.17. The summed E-state index contributed by atoms with van der Waals surface area (Å²) in [6.45, 7) is 1.95.